The van der Waals surface area contributed by atoms with Crippen molar-refractivity contribution in [2.45, 2.75) is 37.4 Å². The molecular formula is C23H25FN2O2. The number of hydrogen-bond acceptors (Lipinski definition) is 3. The highest BCUT2D eigenvalue weighted by Gasteiger charge is 2.65. The van der Waals surface area contributed by atoms with Gasteiger partial charge in [0.05, 0.1) is 7.11 Å². The average Bonchev–Trinajstić information content (AvgIpc) is 3.33. The zero-order chi connectivity index (χ0) is 19.3. The van der Waals surface area contributed by atoms with Crippen molar-refractivity contribution >= 4 is 5.91 Å². The van der Waals surface area contributed by atoms with Crippen LogP contribution in [0.3, 0.4) is 0 Å². The van der Waals surface area contributed by atoms with Crippen LogP contribution in [0.1, 0.15) is 36.4 Å². The summed E-state index contributed by atoms with van der Waals surface area (Å²) in [4.78, 5) is 18.0. The van der Waals surface area contributed by atoms with Crippen LogP contribution in [0.2, 0.25) is 0 Å². The van der Waals surface area contributed by atoms with Crippen molar-refractivity contribution in [2.24, 2.45) is 5.92 Å². The van der Waals surface area contributed by atoms with Gasteiger partial charge in [0.2, 0.25) is 5.91 Å². The van der Waals surface area contributed by atoms with Crippen molar-refractivity contribution < 1.29 is 13.9 Å². The summed E-state index contributed by atoms with van der Waals surface area (Å²) >= 11 is 0. The molecule has 5 heteroatoms. The summed E-state index contributed by atoms with van der Waals surface area (Å²) in [7, 11) is 1.67. The number of carbonyl (C=O) groups is 1. The van der Waals surface area contributed by atoms with E-state index >= 15 is 0 Å². The van der Waals surface area contributed by atoms with E-state index in [1.165, 1.54) is 6.07 Å². The van der Waals surface area contributed by atoms with E-state index in [0.717, 1.165) is 49.2 Å². The van der Waals surface area contributed by atoms with E-state index in [1.807, 2.05) is 35.2 Å². The van der Waals surface area contributed by atoms with Gasteiger partial charge in [0.1, 0.15) is 17.1 Å². The maximum absolute atomic E-state index is 13.8. The van der Waals surface area contributed by atoms with E-state index in [9.17, 15) is 9.18 Å². The fraction of sp³-hybridized carbons (Fsp3) is 0.435. The van der Waals surface area contributed by atoms with E-state index in [2.05, 4.69) is 4.90 Å². The van der Waals surface area contributed by atoms with E-state index in [1.54, 1.807) is 19.2 Å². The molecule has 28 heavy (non-hydrogen) atoms. The van der Waals surface area contributed by atoms with Gasteiger partial charge < -0.3 is 9.64 Å². The fourth-order valence-corrected chi connectivity index (χ4v) is 5.78. The molecule has 0 radical (unpaired) electrons. The third-order valence-corrected chi connectivity index (χ3v) is 6.91. The number of methoxy groups -OCH3 is 1. The highest BCUT2D eigenvalue weighted by atomic mass is 19.1. The molecule has 3 aliphatic rings. The number of rotatable bonds is 4. The number of hydrogen-bond donors (Lipinski definition) is 0. The zero-order valence-electron chi connectivity index (χ0n) is 16.1. The Morgan fingerprint density at radius 1 is 1.21 bits per heavy atom. The Bertz CT molecular complexity index is 917. The molecule has 3 fully saturated rings. The van der Waals surface area contributed by atoms with Gasteiger partial charge in [-0.25, -0.2) is 4.39 Å². The molecule has 2 aromatic rings. The molecule has 0 unspecified atom stereocenters. The average molecular weight is 380 g/mol. The Hall–Kier alpha value is -2.40. The van der Waals surface area contributed by atoms with Gasteiger partial charge in [0.25, 0.3) is 0 Å². The first-order chi connectivity index (χ1) is 13.6. The molecule has 0 aliphatic carbocycles. The number of nitrogens with zero attached hydrogens (tertiary/aromatic N) is 2. The smallest absolute Gasteiger partial charge is 0.243 e. The third-order valence-electron chi connectivity index (χ3n) is 6.91. The normalized spacial score (nSPS) is 29.2. The number of para-hydroxylation sites is 1. The molecule has 3 atom stereocenters. The van der Waals surface area contributed by atoms with Crippen molar-refractivity contribution in [3.05, 3.63) is 65.5 Å². The highest BCUT2D eigenvalue weighted by Crippen LogP contribution is 2.56. The van der Waals surface area contributed by atoms with E-state index in [-0.39, 0.29) is 17.8 Å². The predicted octanol–water partition coefficient (Wildman–Crippen LogP) is 3.77. The summed E-state index contributed by atoms with van der Waals surface area (Å²) in [6.45, 7) is 2.25. The largest absolute Gasteiger partial charge is 0.496 e. The molecule has 1 spiro atoms. The summed E-state index contributed by atoms with van der Waals surface area (Å²) in [6, 6.07) is 14.9. The Balaban J connectivity index is 1.43. The first-order valence-electron chi connectivity index (χ1n) is 10.1. The fourth-order valence-electron chi connectivity index (χ4n) is 5.78. The molecule has 146 valence electrons. The Morgan fingerprint density at radius 2 is 2.07 bits per heavy atom. The Labute approximate surface area is 164 Å². The third kappa shape index (κ3) is 2.49. The van der Waals surface area contributed by atoms with Crippen LogP contribution >= 0.6 is 0 Å². The van der Waals surface area contributed by atoms with E-state index < -0.39 is 5.54 Å². The van der Waals surface area contributed by atoms with Crippen molar-refractivity contribution in [3.8, 4) is 5.75 Å². The lowest BCUT2D eigenvalue weighted by Gasteiger charge is -2.33. The van der Waals surface area contributed by atoms with Crippen LogP contribution in [-0.4, -0.2) is 41.4 Å². The molecule has 0 aromatic heterocycles. The number of halogens is 1. The van der Waals surface area contributed by atoms with Crippen molar-refractivity contribution in [2.75, 3.05) is 20.2 Å². The molecule has 3 heterocycles. The lowest BCUT2D eigenvalue weighted by Crippen LogP contribution is -2.49. The van der Waals surface area contributed by atoms with Gasteiger partial charge in [-0.2, -0.15) is 0 Å². The first kappa shape index (κ1) is 17.7. The van der Waals surface area contributed by atoms with Gasteiger partial charge in [0.15, 0.2) is 0 Å². The van der Waals surface area contributed by atoms with Gasteiger partial charge in [-0.15, -0.1) is 0 Å². The van der Waals surface area contributed by atoms with Gasteiger partial charge in [-0.3, -0.25) is 9.69 Å². The minimum absolute atomic E-state index is 0.139. The Kier molecular flexibility index (Phi) is 4.16. The van der Waals surface area contributed by atoms with Gasteiger partial charge in [0, 0.05) is 30.6 Å². The lowest BCUT2D eigenvalue weighted by molar-refractivity contribution is -0.137. The molecule has 0 N–H and O–H groups in total. The van der Waals surface area contributed by atoms with Crippen LogP contribution in [0.4, 0.5) is 4.39 Å². The summed E-state index contributed by atoms with van der Waals surface area (Å²) in [5.74, 6) is 1.16. The lowest BCUT2D eigenvalue weighted by atomic mass is 9.85. The molecule has 0 saturated carbocycles. The molecular weight excluding hydrogens is 355 g/mol. The van der Waals surface area contributed by atoms with Crippen molar-refractivity contribution in [3.63, 3.8) is 0 Å². The van der Waals surface area contributed by atoms with Crippen LogP contribution in [0.25, 0.3) is 0 Å². The van der Waals surface area contributed by atoms with Crippen LogP contribution in [0.5, 0.6) is 5.75 Å². The number of benzene rings is 2. The Morgan fingerprint density at radius 3 is 2.89 bits per heavy atom. The van der Waals surface area contributed by atoms with Crippen LogP contribution < -0.4 is 4.74 Å². The number of likely N-dealkylation sites (tertiary alicyclic amines) is 1. The highest BCUT2D eigenvalue weighted by molar-refractivity contribution is 5.90. The minimum Gasteiger partial charge on any atom is -0.496 e. The van der Waals surface area contributed by atoms with Crippen molar-refractivity contribution in [1.29, 1.82) is 0 Å². The quantitative estimate of drug-likeness (QED) is 0.809. The maximum atomic E-state index is 13.8. The molecule has 0 bridgehead atoms. The summed E-state index contributed by atoms with van der Waals surface area (Å²) in [5.41, 5.74) is 1.64. The van der Waals surface area contributed by atoms with Crippen LogP contribution in [0, 0.1) is 11.7 Å². The monoisotopic (exact) mass is 380 g/mol. The van der Waals surface area contributed by atoms with Crippen molar-refractivity contribution in [1.82, 2.24) is 9.80 Å². The standard InChI is InChI=1S/C23H25FN2O2/c1-28-21-9-3-2-6-17(21)14-25-15-18-13-20(16-7-4-8-19(24)12-16)26-11-5-10-23(18,26)22(25)27/h2-4,6-9,12,18,20H,5,10-11,13-15H2,1H3/t18-,20-,23-/m0/s1. The zero-order valence-corrected chi connectivity index (χ0v) is 16.1. The van der Waals surface area contributed by atoms with Gasteiger partial charge in [-0.1, -0.05) is 30.3 Å². The second kappa shape index (κ2) is 6.59. The number of ether oxygens (including phenoxy) is 1. The van der Waals surface area contributed by atoms with Gasteiger partial charge >= 0.3 is 0 Å². The van der Waals surface area contributed by atoms with Crippen LogP contribution in [-0.2, 0) is 11.3 Å². The van der Waals surface area contributed by atoms with E-state index in [0.29, 0.717) is 12.5 Å². The first-order valence-corrected chi connectivity index (χ1v) is 10.1. The topological polar surface area (TPSA) is 32.8 Å². The SMILES string of the molecule is COc1ccccc1CN1C[C@@H]2C[C@@H](c3cccc(F)c3)N3CCC[C@@]23C1=O. The molecule has 3 aliphatic heterocycles. The summed E-state index contributed by atoms with van der Waals surface area (Å²) in [5, 5.41) is 0. The summed E-state index contributed by atoms with van der Waals surface area (Å²) in [6.07, 6.45) is 2.85. The molecule has 2 aromatic carbocycles. The second-order valence-corrected chi connectivity index (χ2v) is 8.22. The maximum Gasteiger partial charge on any atom is 0.243 e. The number of carbonyl (C=O) groups excluding carboxylic acids is 1. The number of amides is 1. The van der Waals surface area contributed by atoms with E-state index in [4.69, 9.17) is 4.74 Å². The van der Waals surface area contributed by atoms with Gasteiger partial charge in [-0.05, 0) is 49.6 Å². The molecule has 3 saturated heterocycles. The molecule has 5 rings (SSSR count). The molecule has 1 amide bonds. The second-order valence-electron chi connectivity index (χ2n) is 8.22. The molecule has 4 nitrogen and oxygen atoms in total. The minimum atomic E-state index is -0.404. The van der Waals surface area contributed by atoms with Crippen LogP contribution in [0.15, 0.2) is 48.5 Å². The predicted molar refractivity (Wildman–Crippen MR) is 104 cm³/mol. The summed E-state index contributed by atoms with van der Waals surface area (Å²) < 4.78 is 19.3.